The van der Waals surface area contributed by atoms with Gasteiger partial charge in [0.25, 0.3) is 0 Å². The summed E-state index contributed by atoms with van der Waals surface area (Å²) in [6.45, 7) is 5.47. The highest BCUT2D eigenvalue weighted by molar-refractivity contribution is 4.79. The van der Waals surface area contributed by atoms with Crippen LogP contribution in [0.25, 0.3) is 0 Å². The Labute approximate surface area is 94.8 Å². The van der Waals surface area contributed by atoms with Crippen LogP contribution in [0, 0.1) is 5.92 Å². The maximum absolute atomic E-state index is 5.26. The Morgan fingerprint density at radius 2 is 1.93 bits per heavy atom. The molecule has 1 saturated carbocycles. The summed E-state index contributed by atoms with van der Waals surface area (Å²) in [5.74, 6) is 0.940. The summed E-state index contributed by atoms with van der Waals surface area (Å²) in [6.07, 6.45) is 7.97. The SMILES string of the molecule is CCCC(COC)NC1CCC(C)CC1. The van der Waals surface area contributed by atoms with Crippen LogP contribution in [-0.4, -0.2) is 25.8 Å². The molecule has 1 unspecified atom stereocenters. The fourth-order valence-electron chi connectivity index (χ4n) is 2.52. The number of hydrogen-bond acceptors (Lipinski definition) is 2. The number of nitrogens with one attached hydrogen (secondary N) is 1. The lowest BCUT2D eigenvalue weighted by molar-refractivity contribution is 0.148. The van der Waals surface area contributed by atoms with Crippen molar-refractivity contribution < 1.29 is 4.74 Å². The van der Waals surface area contributed by atoms with Gasteiger partial charge < -0.3 is 10.1 Å². The first-order valence-corrected chi connectivity index (χ1v) is 6.51. The van der Waals surface area contributed by atoms with E-state index in [4.69, 9.17) is 4.74 Å². The van der Waals surface area contributed by atoms with Crippen molar-refractivity contribution in [2.24, 2.45) is 5.92 Å². The molecular weight excluding hydrogens is 186 g/mol. The third-order valence-corrected chi connectivity index (χ3v) is 3.49. The predicted octanol–water partition coefficient (Wildman–Crippen LogP) is 2.97. The van der Waals surface area contributed by atoms with E-state index < -0.39 is 0 Å². The summed E-state index contributed by atoms with van der Waals surface area (Å²) in [5, 5.41) is 3.75. The molecule has 1 fully saturated rings. The van der Waals surface area contributed by atoms with Crippen LogP contribution in [0.15, 0.2) is 0 Å². The second-order valence-corrected chi connectivity index (χ2v) is 5.06. The molecule has 0 aromatic carbocycles. The van der Waals surface area contributed by atoms with Gasteiger partial charge in [-0.1, -0.05) is 20.3 Å². The number of hydrogen-bond donors (Lipinski definition) is 1. The van der Waals surface area contributed by atoms with E-state index in [1.807, 2.05) is 0 Å². The van der Waals surface area contributed by atoms with Gasteiger partial charge >= 0.3 is 0 Å². The van der Waals surface area contributed by atoms with E-state index in [1.165, 1.54) is 38.5 Å². The van der Waals surface area contributed by atoms with Crippen LogP contribution in [0.1, 0.15) is 52.4 Å². The zero-order valence-corrected chi connectivity index (χ0v) is 10.6. The Balaban J connectivity index is 2.24. The molecule has 2 heteroatoms. The van der Waals surface area contributed by atoms with E-state index in [0.29, 0.717) is 6.04 Å². The van der Waals surface area contributed by atoms with E-state index in [2.05, 4.69) is 19.2 Å². The van der Waals surface area contributed by atoms with Crippen LogP contribution >= 0.6 is 0 Å². The third kappa shape index (κ3) is 4.98. The molecule has 90 valence electrons. The van der Waals surface area contributed by atoms with Gasteiger partial charge in [-0.15, -0.1) is 0 Å². The van der Waals surface area contributed by atoms with Crippen LogP contribution < -0.4 is 5.32 Å². The van der Waals surface area contributed by atoms with Gasteiger partial charge in [0.2, 0.25) is 0 Å². The van der Waals surface area contributed by atoms with Gasteiger partial charge in [0.15, 0.2) is 0 Å². The average molecular weight is 213 g/mol. The molecule has 1 aliphatic carbocycles. The topological polar surface area (TPSA) is 21.3 Å². The first-order chi connectivity index (χ1) is 7.26. The summed E-state index contributed by atoms with van der Waals surface area (Å²) in [5.41, 5.74) is 0. The minimum atomic E-state index is 0.568. The van der Waals surface area contributed by atoms with Gasteiger partial charge in [-0.25, -0.2) is 0 Å². The van der Waals surface area contributed by atoms with Crippen molar-refractivity contribution >= 4 is 0 Å². The number of ether oxygens (including phenoxy) is 1. The molecule has 0 heterocycles. The first kappa shape index (κ1) is 13.0. The van der Waals surface area contributed by atoms with Crippen LogP contribution in [0.2, 0.25) is 0 Å². The molecule has 1 N–H and O–H groups in total. The van der Waals surface area contributed by atoms with Crippen molar-refractivity contribution in [2.75, 3.05) is 13.7 Å². The summed E-state index contributed by atoms with van der Waals surface area (Å²) in [4.78, 5) is 0. The fourth-order valence-corrected chi connectivity index (χ4v) is 2.52. The maximum Gasteiger partial charge on any atom is 0.0615 e. The monoisotopic (exact) mass is 213 g/mol. The quantitative estimate of drug-likeness (QED) is 0.732. The van der Waals surface area contributed by atoms with Gasteiger partial charge in [0, 0.05) is 19.2 Å². The Morgan fingerprint density at radius 1 is 1.27 bits per heavy atom. The van der Waals surface area contributed by atoms with E-state index in [9.17, 15) is 0 Å². The van der Waals surface area contributed by atoms with Crippen LogP contribution in [0.4, 0.5) is 0 Å². The van der Waals surface area contributed by atoms with Gasteiger partial charge in [-0.3, -0.25) is 0 Å². The number of rotatable bonds is 6. The highest BCUT2D eigenvalue weighted by atomic mass is 16.5. The zero-order chi connectivity index (χ0) is 11.1. The molecule has 0 aromatic heterocycles. The number of methoxy groups -OCH3 is 1. The Hall–Kier alpha value is -0.0800. The van der Waals surface area contributed by atoms with E-state index in [1.54, 1.807) is 7.11 Å². The lowest BCUT2D eigenvalue weighted by atomic mass is 9.87. The first-order valence-electron chi connectivity index (χ1n) is 6.51. The smallest absolute Gasteiger partial charge is 0.0615 e. The van der Waals surface area contributed by atoms with Crippen molar-refractivity contribution in [3.63, 3.8) is 0 Å². The standard InChI is InChI=1S/C13H27NO/c1-4-5-13(10-15-3)14-12-8-6-11(2)7-9-12/h11-14H,4-10H2,1-3H3. The summed E-state index contributed by atoms with van der Waals surface area (Å²) < 4.78 is 5.26. The molecule has 0 amide bonds. The van der Waals surface area contributed by atoms with Crippen molar-refractivity contribution in [3.05, 3.63) is 0 Å². The molecule has 0 aromatic rings. The molecule has 0 spiro atoms. The zero-order valence-electron chi connectivity index (χ0n) is 10.6. The predicted molar refractivity (Wildman–Crippen MR) is 65.1 cm³/mol. The van der Waals surface area contributed by atoms with Crippen molar-refractivity contribution in [1.29, 1.82) is 0 Å². The molecule has 0 aliphatic heterocycles. The highest BCUT2D eigenvalue weighted by Crippen LogP contribution is 2.23. The lowest BCUT2D eigenvalue weighted by Crippen LogP contribution is -2.42. The Morgan fingerprint density at radius 3 is 2.47 bits per heavy atom. The average Bonchev–Trinajstić information content (AvgIpc) is 2.22. The molecule has 1 atom stereocenters. The van der Waals surface area contributed by atoms with Crippen molar-refractivity contribution in [3.8, 4) is 0 Å². The maximum atomic E-state index is 5.26. The third-order valence-electron chi connectivity index (χ3n) is 3.49. The highest BCUT2D eigenvalue weighted by Gasteiger charge is 2.20. The summed E-state index contributed by atoms with van der Waals surface area (Å²) >= 11 is 0. The van der Waals surface area contributed by atoms with Crippen LogP contribution in [-0.2, 0) is 4.74 Å². The van der Waals surface area contributed by atoms with E-state index >= 15 is 0 Å². The fraction of sp³-hybridized carbons (Fsp3) is 1.00. The molecule has 0 saturated heterocycles. The van der Waals surface area contributed by atoms with Crippen LogP contribution in [0.5, 0.6) is 0 Å². The van der Waals surface area contributed by atoms with Gasteiger partial charge in [-0.2, -0.15) is 0 Å². The van der Waals surface area contributed by atoms with E-state index in [-0.39, 0.29) is 0 Å². The van der Waals surface area contributed by atoms with Crippen LogP contribution in [0.3, 0.4) is 0 Å². The second-order valence-electron chi connectivity index (χ2n) is 5.06. The molecule has 0 radical (unpaired) electrons. The molecule has 1 aliphatic rings. The lowest BCUT2D eigenvalue weighted by Gasteiger charge is -2.30. The Kier molecular flexibility index (Phi) is 6.26. The minimum Gasteiger partial charge on any atom is -0.383 e. The van der Waals surface area contributed by atoms with Gasteiger partial charge in [0.05, 0.1) is 6.61 Å². The summed E-state index contributed by atoms with van der Waals surface area (Å²) in [7, 11) is 1.80. The minimum absolute atomic E-state index is 0.568. The molecule has 15 heavy (non-hydrogen) atoms. The normalized spacial score (nSPS) is 29.0. The van der Waals surface area contributed by atoms with Crippen molar-refractivity contribution in [2.45, 2.75) is 64.5 Å². The Bertz CT molecular complexity index is 147. The molecular formula is C13H27NO. The molecule has 2 nitrogen and oxygen atoms in total. The second kappa shape index (κ2) is 7.24. The molecule has 1 rings (SSSR count). The van der Waals surface area contributed by atoms with Gasteiger partial charge in [0.1, 0.15) is 0 Å². The molecule has 0 bridgehead atoms. The summed E-state index contributed by atoms with van der Waals surface area (Å²) in [6, 6.07) is 1.31. The van der Waals surface area contributed by atoms with Gasteiger partial charge in [-0.05, 0) is 38.0 Å². The van der Waals surface area contributed by atoms with Crippen molar-refractivity contribution in [1.82, 2.24) is 5.32 Å². The van der Waals surface area contributed by atoms with E-state index in [0.717, 1.165) is 18.6 Å². The largest absolute Gasteiger partial charge is 0.383 e.